The van der Waals surface area contributed by atoms with Crippen LogP contribution in [0.4, 0.5) is 0 Å². The summed E-state index contributed by atoms with van der Waals surface area (Å²) in [4.78, 5) is 17.3. The van der Waals surface area contributed by atoms with Gasteiger partial charge in [0.05, 0.1) is 30.4 Å². The number of ether oxygens (including phenoxy) is 2. The molecule has 0 aliphatic heterocycles. The number of aromatic nitrogens is 1. The third-order valence-corrected chi connectivity index (χ3v) is 4.66. The maximum atomic E-state index is 10.8. The zero-order valence-electron chi connectivity index (χ0n) is 15.1. The number of carbonyl (C=O) groups is 1. The van der Waals surface area contributed by atoms with Gasteiger partial charge in [0.1, 0.15) is 5.01 Å². The SMILES string of the molecule is CCOc1cc(-c2nc(CC(=O)O)cs2)cc(Cl)c1OCCCN(C)C. The highest BCUT2D eigenvalue weighted by Gasteiger charge is 2.16. The molecule has 1 aromatic carbocycles. The van der Waals surface area contributed by atoms with Crippen molar-refractivity contribution in [2.75, 3.05) is 33.9 Å². The largest absolute Gasteiger partial charge is 0.490 e. The molecule has 0 bridgehead atoms. The Hall–Kier alpha value is -1.83. The van der Waals surface area contributed by atoms with E-state index >= 15 is 0 Å². The van der Waals surface area contributed by atoms with E-state index in [2.05, 4.69) is 9.88 Å². The lowest BCUT2D eigenvalue weighted by molar-refractivity contribution is -0.136. The molecule has 0 aliphatic carbocycles. The lowest BCUT2D eigenvalue weighted by atomic mass is 10.2. The predicted molar refractivity (Wildman–Crippen MR) is 104 cm³/mol. The second-order valence-electron chi connectivity index (χ2n) is 5.94. The maximum Gasteiger partial charge on any atom is 0.309 e. The standard InChI is InChI=1S/C18H23ClN2O4S/c1-4-24-15-9-12(18-20-13(11-26-18)10-16(22)23)8-14(19)17(15)25-7-5-6-21(2)3/h8-9,11H,4-7,10H2,1-3H3,(H,22,23). The fourth-order valence-corrected chi connectivity index (χ4v) is 3.40. The number of carboxylic acid groups (broad SMARTS) is 1. The van der Waals surface area contributed by atoms with Gasteiger partial charge in [-0.2, -0.15) is 0 Å². The Labute approximate surface area is 162 Å². The first-order valence-corrected chi connectivity index (χ1v) is 9.57. The average molecular weight is 399 g/mol. The normalized spacial score (nSPS) is 11.0. The minimum atomic E-state index is -0.906. The fraction of sp³-hybridized carbons (Fsp3) is 0.444. The first-order valence-electron chi connectivity index (χ1n) is 8.31. The van der Waals surface area contributed by atoms with Crippen molar-refractivity contribution in [3.63, 3.8) is 0 Å². The van der Waals surface area contributed by atoms with Crippen molar-refractivity contribution in [3.8, 4) is 22.1 Å². The molecular weight excluding hydrogens is 376 g/mol. The van der Waals surface area contributed by atoms with Gasteiger partial charge in [-0.15, -0.1) is 11.3 Å². The summed E-state index contributed by atoms with van der Waals surface area (Å²) in [6, 6.07) is 3.61. The number of halogens is 1. The van der Waals surface area contributed by atoms with Gasteiger partial charge in [0.2, 0.25) is 0 Å². The summed E-state index contributed by atoms with van der Waals surface area (Å²) in [5, 5.41) is 11.8. The third kappa shape index (κ3) is 5.86. The van der Waals surface area contributed by atoms with Gasteiger partial charge in [-0.05, 0) is 39.6 Å². The Morgan fingerprint density at radius 3 is 2.77 bits per heavy atom. The molecule has 8 heteroatoms. The van der Waals surface area contributed by atoms with Crippen LogP contribution in [0.1, 0.15) is 19.0 Å². The molecule has 0 fully saturated rings. The van der Waals surface area contributed by atoms with Crippen LogP contribution >= 0.6 is 22.9 Å². The molecule has 0 amide bonds. The lowest BCUT2D eigenvalue weighted by Gasteiger charge is -2.15. The molecule has 26 heavy (non-hydrogen) atoms. The van der Waals surface area contributed by atoms with E-state index in [9.17, 15) is 4.79 Å². The van der Waals surface area contributed by atoms with Crippen LogP contribution in [0.25, 0.3) is 10.6 Å². The third-order valence-electron chi connectivity index (χ3n) is 3.44. The fourth-order valence-electron chi connectivity index (χ4n) is 2.33. The van der Waals surface area contributed by atoms with Gasteiger partial charge >= 0.3 is 5.97 Å². The van der Waals surface area contributed by atoms with E-state index in [0.717, 1.165) is 18.5 Å². The number of nitrogens with zero attached hydrogens (tertiary/aromatic N) is 2. The van der Waals surface area contributed by atoms with Crippen molar-refractivity contribution in [1.82, 2.24) is 9.88 Å². The zero-order valence-corrected chi connectivity index (χ0v) is 16.7. The van der Waals surface area contributed by atoms with Gasteiger partial charge in [0, 0.05) is 17.5 Å². The maximum absolute atomic E-state index is 10.8. The molecule has 0 spiro atoms. The Morgan fingerprint density at radius 1 is 1.35 bits per heavy atom. The molecule has 1 aromatic heterocycles. The summed E-state index contributed by atoms with van der Waals surface area (Å²) in [5.74, 6) is 0.185. The predicted octanol–water partition coefficient (Wildman–Crippen LogP) is 3.82. The molecule has 0 saturated carbocycles. The van der Waals surface area contributed by atoms with Crippen molar-refractivity contribution in [2.24, 2.45) is 0 Å². The number of hydrogen-bond acceptors (Lipinski definition) is 6. The van der Waals surface area contributed by atoms with Gasteiger partial charge < -0.3 is 19.5 Å². The molecule has 1 heterocycles. The molecule has 142 valence electrons. The van der Waals surface area contributed by atoms with Crippen LogP contribution in [0.2, 0.25) is 5.02 Å². The molecule has 1 N–H and O–H groups in total. The van der Waals surface area contributed by atoms with Crippen LogP contribution in [0.3, 0.4) is 0 Å². The molecule has 6 nitrogen and oxygen atoms in total. The highest BCUT2D eigenvalue weighted by Crippen LogP contribution is 2.40. The number of benzene rings is 1. The quantitative estimate of drug-likeness (QED) is 0.613. The van der Waals surface area contributed by atoms with Crippen LogP contribution in [-0.2, 0) is 11.2 Å². The highest BCUT2D eigenvalue weighted by molar-refractivity contribution is 7.13. The number of carboxylic acids is 1. The molecule has 0 unspecified atom stereocenters. The number of aliphatic carboxylic acids is 1. The lowest BCUT2D eigenvalue weighted by Crippen LogP contribution is -2.15. The monoisotopic (exact) mass is 398 g/mol. The van der Waals surface area contributed by atoms with Crippen LogP contribution < -0.4 is 9.47 Å². The van der Waals surface area contributed by atoms with Crippen LogP contribution in [-0.4, -0.2) is 54.8 Å². The summed E-state index contributed by atoms with van der Waals surface area (Å²) in [6.45, 7) is 3.84. The Kier molecular flexibility index (Phi) is 7.68. The van der Waals surface area contributed by atoms with Gasteiger partial charge in [-0.25, -0.2) is 4.98 Å². The van der Waals surface area contributed by atoms with Gasteiger partial charge in [-0.1, -0.05) is 11.6 Å². The van der Waals surface area contributed by atoms with Crippen LogP contribution in [0.5, 0.6) is 11.5 Å². The van der Waals surface area contributed by atoms with E-state index in [0.29, 0.717) is 40.4 Å². The van der Waals surface area contributed by atoms with Crippen molar-refractivity contribution >= 4 is 28.9 Å². The Bertz CT molecular complexity index is 749. The Balaban J connectivity index is 2.21. The smallest absolute Gasteiger partial charge is 0.309 e. The average Bonchev–Trinajstić information content (AvgIpc) is 3.01. The summed E-state index contributed by atoms with van der Waals surface area (Å²) in [6.07, 6.45) is 0.775. The van der Waals surface area contributed by atoms with Crippen molar-refractivity contribution in [2.45, 2.75) is 19.8 Å². The van der Waals surface area contributed by atoms with Crippen molar-refractivity contribution < 1.29 is 19.4 Å². The molecule has 0 aliphatic rings. The number of hydrogen-bond donors (Lipinski definition) is 1. The van der Waals surface area contributed by atoms with Gasteiger partial charge in [0.15, 0.2) is 11.5 Å². The number of thiazole rings is 1. The van der Waals surface area contributed by atoms with E-state index in [1.165, 1.54) is 11.3 Å². The highest BCUT2D eigenvalue weighted by atomic mass is 35.5. The van der Waals surface area contributed by atoms with Crippen LogP contribution in [0.15, 0.2) is 17.5 Å². The minimum absolute atomic E-state index is 0.102. The van der Waals surface area contributed by atoms with Crippen LogP contribution in [0, 0.1) is 0 Å². The van der Waals surface area contributed by atoms with E-state index in [1.54, 1.807) is 11.4 Å². The summed E-state index contributed by atoms with van der Waals surface area (Å²) >= 11 is 7.80. The molecule has 0 radical (unpaired) electrons. The first kappa shape index (κ1) is 20.5. The van der Waals surface area contributed by atoms with E-state index < -0.39 is 5.97 Å². The van der Waals surface area contributed by atoms with Gasteiger partial charge in [-0.3, -0.25) is 4.79 Å². The minimum Gasteiger partial charge on any atom is -0.490 e. The molecule has 0 saturated heterocycles. The summed E-state index contributed by atoms with van der Waals surface area (Å²) in [7, 11) is 4.03. The molecule has 2 rings (SSSR count). The number of rotatable bonds is 10. The van der Waals surface area contributed by atoms with E-state index in [1.807, 2.05) is 27.1 Å². The van der Waals surface area contributed by atoms with Gasteiger partial charge in [0.25, 0.3) is 0 Å². The summed E-state index contributed by atoms with van der Waals surface area (Å²) in [5.41, 5.74) is 1.30. The Morgan fingerprint density at radius 2 is 2.12 bits per heavy atom. The first-order chi connectivity index (χ1) is 12.4. The topological polar surface area (TPSA) is 71.9 Å². The van der Waals surface area contributed by atoms with Crippen molar-refractivity contribution in [3.05, 3.63) is 28.2 Å². The second kappa shape index (κ2) is 9.75. The van der Waals surface area contributed by atoms with E-state index in [4.69, 9.17) is 26.2 Å². The van der Waals surface area contributed by atoms with E-state index in [-0.39, 0.29) is 6.42 Å². The molecule has 0 atom stereocenters. The zero-order chi connectivity index (χ0) is 19.1. The summed E-state index contributed by atoms with van der Waals surface area (Å²) < 4.78 is 11.5. The molecular formula is C18H23ClN2O4S. The molecule has 2 aromatic rings. The second-order valence-corrected chi connectivity index (χ2v) is 7.20. The van der Waals surface area contributed by atoms with Crippen molar-refractivity contribution in [1.29, 1.82) is 0 Å².